The van der Waals surface area contributed by atoms with Crippen molar-refractivity contribution in [2.45, 2.75) is 0 Å². The molecule has 0 spiro atoms. The van der Waals surface area contributed by atoms with Crippen LogP contribution in [0.2, 0.25) is 10.0 Å². The van der Waals surface area contributed by atoms with E-state index in [1.54, 1.807) is 35.6 Å². The lowest BCUT2D eigenvalue weighted by molar-refractivity contribution is 0.104. The highest BCUT2D eigenvalue weighted by Gasteiger charge is 2.06. The standard InChI is InChI=1S/C13H6Br2Cl2OS/c14-9-6-8(19-13(9)15)2-4-12(18)7-1-3-10(16)11(17)5-7/h1-6H/b4-2+. The van der Waals surface area contributed by atoms with Crippen molar-refractivity contribution in [2.24, 2.45) is 0 Å². The summed E-state index contributed by atoms with van der Waals surface area (Å²) in [5.74, 6) is -0.112. The van der Waals surface area contributed by atoms with E-state index in [0.29, 0.717) is 15.6 Å². The van der Waals surface area contributed by atoms with Gasteiger partial charge >= 0.3 is 0 Å². The Morgan fingerprint density at radius 1 is 1.16 bits per heavy atom. The van der Waals surface area contributed by atoms with Crippen molar-refractivity contribution in [3.8, 4) is 0 Å². The Kier molecular flexibility index (Phi) is 5.26. The van der Waals surface area contributed by atoms with Gasteiger partial charge < -0.3 is 0 Å². The average molecular weight is 441 g/mol. The molecule has 0 aliphatic heterocycles. The van der Waals surface area contributed by atoms with Crippen LogP contribution in [0.5, 0.6) is 0 Å². The maximum absolute atomic E-state index is 12.0. The zero-order chi connectivity index (χ0) is 14.0. The van der Waals surface area contributed by atoms with Crippen molar-refractivity contribution in [3.05, 3.63) is 59.1 Å². The molecule has 0 radical (unpaired) electrons. The molecule has 0 amide bonds. The summed E-state index contributed by atoms with van der Waals surface area (Å²) in [4.78, 5) is 12.9. The van der Waals surface area contributed by atoms with E-state index in [2.05, 4.69) is 31.9 Å². The number of allylic oxidation sites excluding steroid dienone is 1. The number of ketones is 1. The number of carbonyl (C=O) groups is 1. The van der Waals surface area contributed by atoms with E-state index in [1.807, 2.05) is 6.07 Å². The smallest absolute Gasteiger partial charge is 0.185 e. The number of halogens is 4. The first-order valence-electron chi connectivity index (χ1n) is 5.09. The van der Waals surface area contributed by atoms with E-state index in [4.69, 9.17) is 23.2 Å². The third kappa shape index (κ3) is 3.92. The second kappa shape index (κ2) is 6.55. The number of rotatable bonds is 3. The van der Waals surface area contributed by atoms with Crippen molar-refractivity contribution in [2.75, 3.05) is 0 Å². The van der Waals surface area contributed by atoms with E-state index in [0.717, 1.165) is 13.1 Å². The molecular weight excluding hydrogens is 435 g/mol. The van der Waals surface area contributed by atoms with E-state index < -0.39 is 0 Å². The predicted octanol–water partition coefficient (Wildman–Crippen LogP) is 6.48. The minimum absolute atomic E-state index is 0.112. The van der Waals surface area contributed by atoms with Crippen molar-refractivity contribution in [1.29, 1.82) is 0 Å². The van der Waals surface area contributed by atoms with Crippen molar-refractivity contribution < 1.29 is 4.79 Å². The van der Waals surface area contributed by atoms with Gasteiger partial charge in [-0.15, -0.1) is 11.3 Å². The number of carbonyl (C=O) groups excluding carboxylic acids is 1. The van der Waals surface area contributed by atoms with E-state index in [9.17, 15) is 4.79 Å². The van der Waals surface area contributed by atoms with Gasteiger partial charge in [-0.3, -0.25) is 4.79 Å². The largest absolute Gasteiger partial charge is 0.289 e. The molecule has 2 rings (SSSR count). The van der Waals surface area contributed by atoms with Crippen LogP contribution >= 0.6 is 66.4 Å². The minimum atomic E-state index is -0.112. The molecule has 0 unspecified atom stereocenters. The Balaban J connectivity index is 2.18. The van der Waals surface area contributed by atoms with Gasteiger partial charge in [0.15, 0.2) is 5.78 Å². The van der Waals surface area contributed by atoms with Gasteiger partial charge in [0.25, 0.3) is 0 Å². The normalized spacial score (nSPS) is 11.2. The SMILES string of the molecule is O=C(/C=C/c1cc(Br)c(Br)s1)c1ccc(Cl)c(Cl)c1. The second-order valence-electron chi connectivity index (χ2n) is 3.60. The van der Waals surface area contributed by atoms with Gasteiger partial charge in [0, 0.05) is 14.9 Å². The molecule has 1 nitrogen and oxygen atoms in total. The Hall–Kier alpha value is -0.130. The van der Waals surface area contributed by atoms with Gasteiger partial charge in [0.2, 0.25) is 0 Å². The summed E-state index contributed by atoms with van der Waals surface area (Å²) in [6, 6.07) is 6.77. The molecule has 2 aromatic rings. The molecule has 0 aliphatic carbocycles. The topological polar surface area (TPSA) is 17.1 Å². The fourth-order valence-corrected chi connectivity index (χ4v) is 3.64. The van der Waals surface area contributed by atoms with Gasteiger partial charge in [0.1, 0.15) is 0 Å². The maximum atomic E-state index is 12.0. The van der Waals surface area contributed by atoms with Crippen LogP contribution in [0.15, 0.2) is 38.6 Å². The van der Waals surface area contributed by atoms with Gasteiger partial charge in [-0.1, -0.05) is 23.2 Å². The molecule has 0 saturated heterocycles. The highest BCUT2D eigenvalue weighted by atomic mass is 79.9. The molecule has 0 N–H and O–H groups in total. The first kappa shape index (κ1) is 15.3. The summed E-state index contributed by atoms with van der Waals surface area (Å²) in [6.07, 6.45) is 3.29. The lowest BCUT2D eigenvalue weighted by Crippen LogP contribution is -1.93. The molecule has 1 heterocycles. The van der Waals surface area contributed by atoms with Crippen molar-refractivity contribution in [1.82, 2.24) is 0 Å². The molecule has 98 valence electrons. The number of benzene rings is 1. The first-order valence-corrected chi connectivity index (χ1v) is 8.25. The zero-order valence-electron chi connectivity index (χ0n) is 9.29. The highest BCUT2D eigenvalue weighted by Crippen LogP contribution is 2.33. The zero-order valence-corrected chi connectivity index (χ0v) is 14.8. The number of hydrogen-bond acceptors (Lipinski definition) is 2. The molecule has 6 heteroatoms. The molecule has 1 aromatic heterocycles. The van der Waals surface area contributed by atoms with Crippen molar-refractivity contribution in [3.63, 3.8) is 0 Å². The van der Waals surface area contributed by atoms with E-state index in [1.165, 1.54) is 6.08 Å². The van der Waals surface area contributed by atoms with E-state index in [-0.39, 0.29) is 5.78 Å². The van der Waals surface area contributed by atoms with Gasteiger partial charge in [-0.2, -0.15) is 0 Å². The monoisotopic (exact) mass is 438 g/mol. The fourth-order valence-electron chi connectivity index (χ4n) is 1.35. The fraction of sp³-hybridized carbons (Fsp3) is 0. The third-order valence-corrected chi connectivity index (χ3v) is 6.23. The Morgan fingerprint density at radius 3 is 2.47 bits per heavy atom. The molecule has 0 bridgehead atoms. The molecule has 0 saturated carbocycles. The van der Waals surface area contributed by atoms with Crippen LogP contribution in [-0.4, -0.2) is 5.78 Å². The van der Waals surface area contributed by atoms with Crippen LogP contribution in [0.25, 0.3) is 6.08 Å². The lowest BCUT2D eigenvalue weighted by Gasteiger charge is -1.98. The molecular formula is C13H6Br2Cl2OS. The second-order valence-corrected chi connectivity index (χ2v) is 7.67. The maximum Gasteiger partial charge on any atom is 0.185 e. The number of hydrogen-bond donors (Lipinski definition) is 0. The Labute approximate surface area is 141 Å². The Morgan fingerprint density at radius 2 is 1.89 bits per heavy atom. The Bertz CT molecular complexity index is 645. The van der Waals surface area contributed by atoms with Crippen LogP contribution in [0.4, 0.5) is 0 Å². The van der Waals surface area contributed by atoms with Crippen LogP contribution in [-0.2, 0) is 0 Å². The summed E-state index contributed by atoms with van der Waals surface area (Å²) in [5, 5.41) is 0.816. The van der Waals surface area contributed by atoms with Crippen LogP contribution in [0.3, 0.4) is 0 Å². The molecule has 0 atom stereocenters. The summed E-state index contributed by atoms with van der Waals surface area (Å²) in [7, 11) is 0. The molecule has 1 aromatic carbocycles. The van der Waals surface area contributed by atoms with Gasteiger partial charge in [-0.05, 0) is 68.3 Å². The third-order valence-electron chi connectivity index (χ3n) is 2.27. The molecule has 19 heavy (non-hydrogen) atoms. The average Bonchev–Trinajstić information content (AvgIpc) is 2.69. The molecule has 0 aliphatic rings. The van der Waals surface area contributed by atoms with Crippen molar-refractivity contribution >= 4 is 78.3 Å². The lowest BCUT2D eigenvalue weighted by atomic mass is 10.1. The quantitative estimate of drug-likeness (QED) is 0.394. The summed E-state index contributed by atoms with van der Waals surface area (Å²) < 4.78 is 1.97. The van der Waals surface area contributed by atoms with Crippen LogP contribution in [0, 0.1) is 0 Å². The summed E-state index contributed by atoms with van der Waals surface area (Å²) in [6.45, 7) is 0. The summed E-state index contributed by atoms with van der Waals surface area (Å²) >= 11 is 20.0. The van der Waals surface area contributed by atoms with Gasteiger partial charge in [0.05, 0.1) is 13.8 Å². The minimum Gasteiger partial charge on any atom is -0.289 e. The summed E-state index contributed by atoms with van der Waals surface area (Å²) in [5.41, 5.74) is 0.514. The first-order chi connectivity index (χ1) is 8.97. The van der Waals surface area contributed by atoms with Crippen LogP contribution in [0.1, 0.15) is 15.2 Å². The highest BCUT2D eigenvalue weighted by molar-refractivity contribution is 9.13. The van der Waals surface area contributed by atoms with Gasteiger partial charge in [-0.25, -0.2) is 0 Å². The van der Waals surface area contributed by atoms with Crippen LogP contribution < -0.4 is 0 Å². The van der Waals surface area contributed by atoms with E-state index >= 15 is 0 Å². The number of thiophene rings is 1. The molecule has 0 fully saturated rings. The predicted molar refractivity (Wildman–Crippen MR) is 89.5 cm³/mol.